The van der Waals surface area contributed by atoms with Gasteiger partial charge in [-0.05, 0) is 31.3 Å². The number of anilines is 1. The third kappa shape index (κ3) is 1.68. The van der Waals surface area contributed by atoms with E-state index >= 15 is 0 Å². The maximum atomic E-state index is 5.11. The van der Waals surface area contributed by atoms with E-state index in [-0.39, 0.29) is 0 Å². The standard InChI is InChI=1S/C11H16N2O/c1-12-9-7-13(8-9)10-3-5-11(14-2)6-4-10/h3-6,9,12H,7-8H2,1-2H3. The minimum Gasteiger partial charge on any atom is -0.497 e. The lowest BCUT2D eigenvalue weighted by molar-refractivity contribution is 0.414. The van der Waals surface area contributed by atoms with Gasteiger partial charge in [-0.2, -0.15) is 0 Å². The maximum absolute atomic E-state index is 5.11. The number of ether oxygens (including phenoxy) is 1. The Bertz CT molecular complexity index is 291. The Morgan fingerprint density at radius 2 is 1.93 bits per heavy atom. The van der Waals surface area contributed by atoms with E-state index in [9.17, 15) is 0 Å². The molecular weight excluding hydrogens is 176 g/mol. The van der Waals surface area contributed by atoms with Crippen molar-refractivity contribution in [2.24, 2.45) is 0 Å². The molecule has 2 rings (SSSR count). The van der Waals surface area contributed by atoms with Crippen molar-refractivity contribution >= 4 is 5.69 Å². The van der Waals surface area contributed by atoms with E-state index in [1.54, 1.807) is 7.11 Å². The molecule has 3 heteroatoms. The molecular formula is C11H16N2O. The number of benzene rings is 1. The van der Waals surface area contributed by atoms with E-state index in [1.165, 1.54) is 5.69 Å². The first-order valence-electron chi connectivity index (χ1n) is 4.89. The Hall–Kier alpha value is -1.22. The molecule has 1 aliphatic rings. The molecule has 0 aliphatic carbocycles. The predicted molar refractivity (Wildman–Crippen MR) is 58.1 cm³/mol. The van der Waals surface area contributed by atoms with Gasteiger partial charge in [-0.3, -0.25) is 0 Å². The second kappa shape index (κ2) is 3.88. The molecule has 0 radical (unpaired) electrons. The molecule has 76 valence electrons. The average Bonchev–Trinajstić information content (AvgIpc) is 2.17. The van der Waals surface area contributed by atoms with Crippen molar-refractivity contribution in [2.75, 3.05) is 32.1 Å². The van der Waals surface area contributed by atoms with Crippen LogP contribution in [0.5, 0.6) is 5.75 Å². The molecule has 0 atom stereocenters. The van der Waals surface area contributed by atoms with Crippen LogP contribution in [0.3, 0.4) is 0 Å². The van der Waals surface area contributed by atoms with Gasteiger partial charge in [0.2, 0.25) is 0 Å². The number of nitrogens with zero attached hydrogens (tertiary/aromatic N) is 1. The van der Waals surface area contributed by atoms with Crippen LogP contribution in [0.25, 0.3) is 0 Å². The molecule has 1 N–H and O–H groups in total. The van der Waals surface area contributed by atoms with Crippen LogP contribution >= 0.6 is 0 Å². The van der Waals surface area contributed by atoms with Gasteiger partial charge in [0.1, 0.15) is 5.75 Å². The molecule has 1 aliphatic heterocycles. The van der Waals surface area contributed by atoms with Crippen molar-refractivity contribution in [3.05, 3.63) is 24.3 Å². The lowest BCUT2D eigenvalue weighted by atomic mass is 10.1. The second-order valence-corrected chi connectivity index (χ2v) is 3.59. The SMILES string of the molecule is CNC1CN(c2ccc(OC)cc2)C1. The van der Waals surface area contributed by atoms with E-state index in [1.807, 2.05) is 19.2 Å². The van der Waals surface area contributed by atoms with Crippen LogP contribution in [0.4, 0.5) is 5.69 Å². The van der Waals surface area contributed by atoms with Crippen molar-refractivity contribution in [2.45, 2.75) is 6.04 Å². The van der Waals surface area contributed by atoms with E-state index in [0.717, 1.165) is 18.8 Å². The summed E-state index contributed by atoms with van der Waals surface area (Å²) in [5.74, 6) is 0.916. The summed E-state index contributed by atoms with van der Waals surface area (Å²) in [7, 11) is 3.70. The number of hydrogen-bond donors (Lipinski definition) is 1. The summed E-state index contributed by atoms with van der Waals surface area (Å²) < 4.78 is 5.11. The molecule has 0 aromatic heterocycles. The highest BCUT2D eigenvalue weighted by atomic mass is 16.5. The van der Waals surface area contributed by atoms with E-state index in [2.05, 4.69) is 22.3 Å². The largest absolute Gasteiger partial charge is 0.497 e. The highest BCUT2D eigenvalue weighted by Crippen LogP contribution is 2.23. The second-order valence-electron chi connectivity index (χ2n) is 3.59. The van der Waals surface area contributed by atoms with Crippen molar-refractivity contribution in [3.63, 3.8) is 0 Å². The van der Waals surface area contributed by atoms with Crippen molar-refractivity contribution in [3.8, 4) is 5.75 Å². The molecule has 0 bridgehead atoms. The summed E-state index contributed by atoms with van der Waals surface area (Å²) in [5.41, 5.74) is 1.28. The van der Waals surface area contributed by atoms with Crippen LogP contribution in [0, 0.1) is 0 Å². The normalized spacial score (nSPS) is 16.6. The molecule has 0 unspecified atom stereocenters. The van der Waals surface area contributed by atoms with Crippen LogP contribution < -0.4 is 15.0 Å². The third-order valence-corrected chi connectivity index (χ3v) is 2.73. The maximum Gasteiger partial charge on any atom is 0.119 e. The summed E-state index contributed by atoms with van der Waals surface area (Å²) in [6.07, 6.45) is 0. The first-order chi connectivity index (χ1) is 6.83. The van der Waals surface area contributed by atoms with Gasteiger partial charge in [0.25, 0.3) is 0 Å². The van der Waals surface area contributed by atoms with Gasteiger partial charge in [-0.25, -0.2) is 0 Å². The number of nitrogens with one attached hydrogen (secondary N) is 1. The summed E-state index contributed by atoms with van der Waals surface area (Å²) in [6.45, 7) is 2.20. The first kappa shape index (κ1) is 9.34. The van der Waals surface area contributed by atoms with Gasteiger partial charge in [0.05, 0.1) is 7.11 Å². The van der Waals surface area contributed by atoms with Gasteiger partial charge in [-0.1, -0.05) is 0 Å². The average molecular weight is 192 g/mol. The van der Waals surface area contributed by atoms with Gasteiger partial charge in [0.15, 0.2) is 0 Å². The van der Waals surface area contributed by atoms with Crippen LogP contribution in [0.1, 0.15) is 0 Å². The van der Waals surface area contributed by atoms with E-state index in [4.69, 9.17) is 4.74 Å². The van der Waals surface area contributed by atoms with Crippen molar-refractivity contribution in [1.82, 2.24) is 5.32 Å². The first-order valence-corrected chi connectivity index (χ1v) is 4.89. The molecule has 0 saturated carbocycles. The molecule has 1 aromatic carbocycles. The van der Waals surface area contributed by atoms with Crippen LogP contribution in [0.15, 0.2) is 24.3 Å². The third-order valence-electron chi connectivity index (χ3n) is 2.73. The van der Waals surface area contributed by atoms with Crippen LogP contribution in [-0.2, 0) is 0 Å². The van der Waals surface area contributed by atoms with Crippen LogP contribution in [-0.4, -0.2) is 33.3 Å². The summed E-state index contributed by atoms with van der Waals surface area (Å²) in [5, 5.41) is 3.26. The highest BCUT2D eigenvalue weighted by Gasteiger charge is 2.24. The lowest BCUT2D eigenvalue weighted by Crippen LogP contribution is -2.57. The Balaban J connectivity index is 1.98. The van der Waals surface area contributed by atoms with Crippen molar-refractivity contribution < 1.29 is 4.74 Å². The topological polar surface area (TPSA) is 24.5 Å². The fourth-order valence-corrected chi connectivity index (χ4v) is 1.67. The molecule has 1 saturated heterocycles. The molecule has 1 heterocycles. The Kier molecular flexibility index (Phi) is 2.59. The van der Waals surface area contributed by atoms with Gasteiger partial charge >= 0.3 is 0 Å². The fraction of sp³-hybridized carbons (Fsp3) is 0.455. The predicted octanol–water partition coefficient (Wildman–Crippen LogP) is 1.10. The zero-order chi connectivity index (χ0) is 9.97. The molecule has 0 spiro atoms. The monoisotopic (exact) mass is 192 g/mol. The van der Waals surface area contributed by atoms with E-state index in [0.29, 0.717) is 6.04 Å². The van der Waals surface area contributed by atoms with Gasteiger partial charge in [0, 0.05) is 24.8 Å². The molecule has 14 heavy (non-hydrogen) atoms. The molecule has 3 nitrogen and oxygen atoms in total. The smallest absolute Gasteiger partial charge is 0.119 e. The molecule has 1 aromatic rings. The zero-order valence-electron chi connectivity index (χ0n) is 8.66. The zero-order valence-corrected chi connectivity index (χ0v) is 8.66. The van der Waals surface area contributed by atoms with E-state index < -0.39 is 0 Å². The molecule has 1 fully saturated rings. The van der Waals surface area contributed by atoms with Crippen molar-refractivity contribution in [1.29, 1.82) is 0 Å². The van der Waals surface area contributed by atoms with Crippen LogP contribution in [0.2, 0.25) is 0 Å². The Morgan fingerprint density at radius 1 is 1.29 bits per heavy atom. The van der Waals surface area contributed by atoms with Gasteiger partial charge in [-0.15, -0.1) is 0 Å². The minimum atomic E-state index is 0.650. The number of rotatable bonds is 3. The number of methoxy groups -OCH3 is 1. The Morgan fingerprint density at radius 3 is 2.43 bits per heavy atom. The minimum absolute atomic E-state index is 0.650. The summed E-state index contributed by atoms with van der Waals surface area (Å²) >= 11 is 0. The highest BCUT2D eigenvalue weighted by molar-refractivity contribution is 5.51. The number of likely N-dealkylation sites (N-methyl/N-ethyl adjacent to an activating group) is 1. The van der Waals surface area contributed by atoms with Gasteiger partial charge < -0.3 is 15.0 Å². The molecule has 0 amide bonds. The quantitative estimate of drug-likeness (QED) is 0.776. The summed E-state index contributed by atoms with van der Waals surface area (Å²) in [6, 6.07) is 8.86. The fourth-order valence-electron chi connectivity index (χ4n) is 1.67. The number of hydrogen-bond acceptors (Lipinski definition) is 3. The lowest BCUT2D eigenvalue weighted by Gasteiger charge is -2.40. The Labute approximate surface area is 84.7 Å². The summed E-state index contributed by atoms with van der Waals surface area (Å²) in [4.78, 5) is 2.35.